The lowest BCUT2D eigenvalue weighted by Crippen LogP contribution is -2.25. The maximum atomic E-state index is 11.6. The fourth-order valence-electron chi connectivity index (χ4n) is 1.31. The van der Waals surface area contributed by atoms with Crippen LogP contribution in [0.1, 0.15) is 36.0 Å². The number of nitrogens with one attached hydrogen (secondary N) is 1. The molecule has 1 N–H and O–H groups in total. The van der Waals surface area contributed by atoms with Gasteiger partial charge >= 0.3 is 0 Å². The first-order chi connectivity index (χ1) is 8.13. The van der Waals surface area contributed by atoms with Crippen LogP contribution in [-0.4, -0.2) is 30.1 Å². The van der Waals surface area contributed by atoms with Crippen molar-refractivity contribution < 1.29 is 14.1 Å². The molecule has 0 bridgehead atoms. The monoisotopic (exact) mass is 260 g/mol. The van der Waals surface area contributed by atoms with Crippen molar-refractivity contribution in [3.05, 3.63) is 17.5 Å². The highest BCUT2D eigenvalue weighted by Gasteiger charge is 2.11. The number of carbonyl (C=O) groups excluding carboxylic acids is 1. The summed E-state index contributed by atoms with van der Waals surface area (Å²) in [5, 5.41) is 6.54. The third kappa shape index (κ3) is 5.19. The average Bonchev–Trinajstić information content (AvgIpc) is 2.73. The molecule has 96 valence electrons. The molecule has 0 aromatic carbocycles. The molecule has 0 saturated carbocycles. The van der Waals surface area contributed by atoms with Gasteiger partial charge in [0.1, 0.15) is 6.61 Å². The summed E-state index contributed by atoms with van der Waals surface area (Å²) in [4.78, 5) is 11.6. The Morgan fingerprint density at radius 2 is 2.47 bits per heavy atom. The third-order valence-corrected chi connectivity index (χ3v) is 2.36. The van der Waals surface area contributed by atoms with Crippen molar-refractivity contribution in [1.29, 1.82) is 0 Å². The van der Waals surface area contributed by atoms with Crippen LogP contribution in [0.2, 0.25) is 0 Å². The van der Waals surface area contributed by atoms with Gasteiger partial charge in [0.2, 0.25) is 0 Å². The molecule has 0 fully saturated rings. The molecular weight excluding hydrogens is 244 g/mol. The molecule has 17 heavy (non-hydrogen) atoms. The highest BCUT2D eigenvalue weighted by Crippen LogP contribution is 2.05. The van der Waals surface area contributed by atoms with Gasteiger partial charge in [-0.25, -0.2) is 0 Å². The molecule has 1 rings (SSSR count). The fourth-order valence-corrected chi connectivity index (χ4v) is 1.46. The van der Waals surface area contributed by atoms with Crippen LogP contribution in [-0.2, 0) is 11.3 Å². The normalized spacial score (nSPS) is 12.4. The summed E-state index contributed by atoms with van der Waals surface area (Å²) in [7, 11) is 1.55. The predicted molar refractivity (Wildman–Crippen MR) is 64.1 cm³/mol. The number of alkyl halides is 1. The van der Waals surface area contributed by atoms with Crippen molar-refractivity contribution in [2.45, 2.75) is 31.7 Å². The Morgan fingerprint density at radius 3 is 3.12 bits per heavy atom. The zero-order chi connectivity index (χ0) is 12.7. The Labute approximate surface area is 105 Å². The van der Waals surface area contributed by atoms with E-state index in [1.807, 2.05) is 6.92 Å². The number of nitrogens with zero attached hydrogens (tertiary/aromatic N) is 1. The number of amides is 1. The molecule has 1 heterocycles. The Hall–Kier alpha value is -1.07. The molecule has 0 spiro atoms. The molecular formula is C11H17ClN2O3. The second-order valence-corrected chi connectivity index (χ2v) is 4.54. The molecule has 5 nitrogen and oxygen atoms in total. The van der Waals surface area contributed by atoms with Crippen LogP contribution in [0.15, 0.2) is 10.6 Å². The summed E-state index contributed by atoms with van der Waals surface area (Å²) in [6, 6.07) is 1.57. The molecule has 0 radical (unpaired) electrons. The minimum absolute atomic E-state index is 0.132. The average molecular weight is 261 g/mol. The molecule has 0 aliphatic heterocycles. The second kappa shape index (κ2) is 7.29. The first-order valence-corrected chi connectivity index (χ1v) is 5.94. The van der Waals surface area contributed by atoms with Crippen LogP contribution < -0.4 is 5.32 Å². The summed E-state index contributed by atoms with van der Waals surface area (Å²) in [5.74, 6) is 0.297. The molecule has 1 aromatic heterocycles. The van der Waals surface area contributed by atoms with E-state index in [2.05, 4.69) is 10.5 Å². The Morgan fingerprint density at radius 1 is 1.71 bits per heavy atom. The predicted octanol–water partition coefficient (Wildman–Crippen LogP) is 1.96. The highest BCUT2D eigenvalue weighted by atomic mass is 35.5. The minimum Gasteiger partial charge on any atom is -0.377 e. The Kier molecular flexibility index (Phi) is 6.00. The van der Waals surface area contributed by atoms with E-state index in [-0.39, 0.29) is 17.0 Å². The van der Waals surface area contributed by atoms with Crippen molar-refractivity contribution in [3.8, 4) is 0 Å². The van der Waals surface area contributed by atoms with Gasteiger partial charge in [-0.05, 0) is 19.8 Å². The van der Waals surface area contributed by atoms with Gasteiger partial charge in [0.25, 0.3) is 5.91 Å². The van der Waals surface area contributed by atoms with Crippen LogP contribution in [0.5, 0.6) is 0 Å². The molecule has 0 aliphatic carbocycles. The zero-order valence-electron chi connectivity index (χ0n) is 10.0. The van der Waals surface area contributed by atoms with Gasteiger partial charge in [-0.3, -0.25) is 4.79 Å². The number of ether oxygens (including phenoxy) is 1. The van der Waals surface area contributed by atoms with E-state index in [0.29, 0.717) is 18.9 Å². The number of rotatable bonds is 7. The van der Waals surface area contributed by atoms with E-state index < -0.39 is 0 Å². The minimum atomic E-state index is -0.238. The lowest BCUT2D eigenvalue weighted by Gasteiger charge is -2.03. The largest absolute Gasteiger partial charge is 0.377 e. The van der Waals surface area contributed by atoms with Crippen LogP contribution in [0, 0.1) is 0 Å². The Balaban J connectivity index is 2.31. The lowest BCUT2D eigenvalue weighted by molar-refractivity contribution is 0.0943. The quantitative estimate of drug-likeness (QED) is 0.601. The zero-order valence-corrected chi connectivity index (χ0v) is 10.8. The van der Waals surface area contributed by atoms with Crippen LogP contribution in [0.25, 0.3) is 0 Å². The maximum absolute atomic E-state index is 11.6. The number of carbonyl (C=O) groups is 1. The van der Waals surface area contributed by atoms with Gasteiger partial charge in [-0.2, -0.15) is 0 Å². The standard InChI is InChI=1S/C11H17ClN2O3/c1-8(12)4-3-5-13-11(15)10-6-9(7-16-2)17-14-10/h6,8H,3-5,7H2,1-2H3,(H,13,15). The molecule has 6 heteroatoms. The van der Waals surface area contributed by atoms with Crippen molar-refractivity contribution in [3.63, 3.8) is 0 Å². The van der Waals surface area contributed by atoms with Crippen molar-refractivity contribution in [1.82, 2.24) is 10.5 Å². The third-order valence-electron chi connectivity index (χ3n) is 2.14. The van der Waals surface area contributed by atoms with Crippen LogP contribution in [0.3, 0.4) is 0 Å². The summed E-state index contributed by atoms with van der Waals surface area (Å²) < 4.78 is 9.78. The summed E-state index contributed by atoms with van der Waals surface area (Å²) >= 11 is 5.79. The van der Waals surface area contributed by atoms with E-state index in [1.54, 1.807) is 13.2 Å². The first kappa shape index (κ1) is 14.0. The number of hydrogen-bond acceptors (Lipinski definition) is 4. The van der Waals surface area contributed by atoms with Crippen LogP contribution in [0.4, 0.5) is 0 Å². The van der Waals surface area contributed by atoms with Crippen molar-refractivity contribution in [2.24, 2.45) is 0 Å². The van der Waals surface area contributed by atoms with Gasteiger partial charge in [-0.15, -0.1) is 11.6 Å². The van der Waals surface area contributed by atoms with Crippen molar-refractivity contribution in [2.75, 3.05) is 13.7 Å². The number of hydrogen-bond donors (Lipinski definition) is 1. The molecule has 1 atom stereocenters. The van der Waals surface area contributed by atoms with E-state index in [0.717, 1.165) is 12.8 Å². The van der Waals surface area contributed by atoms with Gasteiger partial charge < -0.3 is 14.6 Å². The molecule has 1 unspecified atom stereocenters. The molecule has 1 amide bonds. The van der Waals surface area contributed by atoms with Crippen LogP contribution >= 0.6 is 11.6 Å². The number of methoxy groups -OCH3 is 1. The van der Waals surface area contributed by atoms with Gasteiger partial charge in [-0.1, -0.05) is 5.16 Å². The molecule has 1 aromatic rings. The topological polar surface area (TPSA) is 64.4 Å². The maximum Gasteiger partial charge on any atom is 0.273 e. The lowest BCUT2D eigenvalue weighted by atomic mass is 10.2. The summed E-state index contributed by atoms with van der Waals surface area (Å²) in [5.41, 5.74) is 0.274. The number of aromatic nitrogens is 1. The highest BCUT2D eigenvalue weighted by molar-refractivity contribution is 6.20. The fraction of sp³-hybridized carbons (Fsp3) is 0.636. The van der Waals surface area contributed by atoms with E-state index in [4.69, 9.17) is 20.9 Å². The summed E-state index contributed by atoms with van der Waals surface area (Å²) in [6.45, 7) is 2.82. The molecule has 0 aliphatic rings. The van der Waals surface area contributed by atoms with E-state index in [9.17, 15) is 4.79 Å². The van der Waals surface area contributed by atoms with Gasteiger partial charge in [0.15, 0.2) is 11.5 Å². The number of halogens is 1. The Bertz CT molecular complexity index is 352. The SMILES string of the molecule is COCc1cc(C(=O)NCCCC(C)Cl)no1. The summed E-state index contributed by atoms with van der Waals surface area (Å²) in [6.07, 6.45) is 1.72. The van der Waals surface area contributed by atoms with Crippen molar-refractivity contribution >= 4 is 17.5 Å². The van der Waals surface area contributed by atoms with E-state index in [1.165, 1.54) is 0 Å². The van der Waals surface area contributed by atoms with Gasteiger partial charge in [0.05, 0.1) is 0 Å². The smallest absolute Gasteiger partial charge is 0.273 e. The van der Waals surface area contributed by atoms with E-state index >= 15 is 0 Å². The van der Waals surface area contributed by atoms with Gasteiger partial charge in [0, 0.05) is 25.1 Å². The first-order valence-electron chi connectivity index (χ1n) is 5.50. The molecule has 0 saturated heterocycles. The second-order valence-electron chi connectivity index (χ2n) is 3.79.